The fraction of sp³-hybridized carbons (Fsp3) is 0.533. The van der Waals surface area contributed by atoms with Crippen molar-refractivity contribution in [2.45, 2.75) is 44.1 Å². The highest BCUT2D eigenvalue weighted by Crippen LogP contribution is 2.40. The number of nitrogens with two attached hydrogens (primary N) is 1. The van der Waals surface area contributed by atoms with Crippen molar-refractivity contribution in [2.24, 2.45) is 5.73 Å². The van der Waals surface area contributed by atoms with Gasteiger partial charge >= 0.3 is 0 Å². The lowest BCUT2D eigenvalue weighted by Gasteiger charge is -2.36. The minimum Gasteiger partial charge on any atom is -0.321 e. The van der Waals surface area contributed by atoms with Crippen molar-refractivity contribution in [3.05, 3.63) is 29.8 Å². The van der Waals surface area contributed by atoms with Crippen molar-refractivity contribution >= 4 is 11.6 Å². The average Bonchev–Trinajstić information content (AvgIpc) is 2.86. The number of carbonyl (C=O) groups is 1. The van der Waals surface area contributed by atoms with Crippen LogP contribution in [0, 0.1) is 0 Å². The normalized spacial score (nSPS) is 22.8. The fourth-order valence-electron chi connectivity index (χ4n) is 3.13. The molecule has 1 saturated carbocycles. The quantitative estimate of drug-likeness (QED) is 0.888. The van der Waals surface area contributed by atoms with Crippen LogP contribution in [0.15, 0.2) is 24.3 Å². The zero-order chi connectivity index (χ0) is 13.3. The van der Waals surface area contributed by atoms with Crippen molar-refractivity contribution in [3.63, 3.8) is 0 Å². The molecule has 1 saturated heterocycles. The van der Waals surface area contributed by atoms with E-state index in [0.29, 0.717) is 13.0 Å². The third kappa shape index (κ3) is 2.26. The van der Waals surface area contributed by atoms with Crippen LogP contribution in [-0.2, 0) is 15.2 Å². The third-order valence-electron chi connectivity index (χ3n) is 4.17. The molecule has 3 rings (SSSR count). The van der Waals surface area contributed by atoms with E-state index in [0.717, 1.165) is 36.9 Å². The third-order valence-corrected chi connectivity index (χ3v) is 4.17. The molecule has 1 amide bonds. The van der Waals surface area contributed by atoms with E-state index in [1.54, 1.807) is 0 Å². The summed E-state index contributed by atoms with van der Waals surface area (Å²) in [5.41, 5.74) is 8.16. The second kappa shape index (κ2) is 4.94. The lowest BCUT2D eigenvalue weighted by atomic mass is 9.77. The Morgan fingerprint density at radius 1 is 1.16 bits per heavy atom. The highest BCUT2D eigenvalue weighted by atomic mass is 16.7. The van der Waals surface area contributed by atoms with Crippen molar-refractivity contribution in [3.8, 4) is 0 Å². The Balaban J connectivity index is 1.99. The van der Waals surface area contributed by atoms with Gasteiger partial charge in [-0.05, 0) is 24.5 Å². The summed E-state index contributed by atoms with van der Waals surface area (Å²) >= 11 is 0. The highest BCUT2D eigenvalue weighted by molar-refractivity contribution is 5.93. The van der Waals surface area contributed by atoms with Gasteiger partial charge in [0.2, 0.25) is 0 Å². The molecule has 0 aromatic heterocycles. The molecule has 1 aliphatic heterocycles. The molecule has 4 heteroatoms. The van der Waals surface area contributed by atoms with Gasteiger partial charge in [-0.1, -0.05) is 37.5 Å². The van der Waals surface area contributed by atoms with Crippen LogP contribution in [0.3, 0.4) is 0 Å². The van der Waals surface area contributed by atoms with Gasteiger partial charge in [0.05, 0.1) is 18.7 Å². The predicted molar refractivity (Wildman–Crippen MR) is 73.4 cm³/mol. The second-order valence-corrected chi connectivity index (χ2v) is 5.51. The van der Waals surface area contributed by atoms with Gasteiger partial charge in [0, 0.05) is 5.54 Å². The molecule has 0 spiro atoms. The Morgan fingerprint density at radius 2 is 1.89 bits per heavy atom. The largest absolute Gasteiger partial charge is 0.321 e. The number of hydrogen-bond donors (Lipinski definition) is 1. The zero-order valence-corrected chi connectivity index (χ0v) is 11.1. The summed E-state index contributed by atoms with van der Waals surface area (Å²) in [4.78, 5) is 17.3. The van der Waals surface area contributed by atoms with Gasteiger partial charge in [-0.2, -0.15) is 5.06 Å². The predicted octanol–water partition coefficient (Wildman–Crippen LogP) is 2.47. The van der Waals surface area contributed by atoms with Crippen LogP contribution in [-0.4, -0.2) is 12.5 Å². The van der Waals surface area contributed by atoms with E-state index in [9.17, 15) is 4.79 Å². The van der Waals surface area contributed by atoms with Crippen LogP contribution in [0.25, 0.3) is 0 Å². The molecule has 2 fully saturated rings. The van der Waals surface area contributed by atoms with Crippen LogP contribution < -0.4 is 10.8 Å². The van der Waals surface area contributed by atoms with E-state index >= 15 is 0 Å². The average molecular weight is 260 g/mol. The van der Waals surface area contributed by atoms with E-state index in [-0.39, 0.29) is 11.4 Å². The van der Waals surface area contributed by atoms with Gasteiger partial charge in [-0.3, -0.25) is 9.63 Å². The lowest BCUT2D eigenvalue weighted by Crippen LogP contribution is -2.40. The van der Waals surface area contributed by atoms with Gasteiger partial charge < -0.3 is 5.73 Å². The highest BCUT2D eigenvalue weighted by Gasteiger charge is 2.35. The van der Waals surface area contributed by atoms with Crippen molar-refractivity contribution in [2.75, 3.05) is 11.7 Å². The fourth-order valence-corrected chi connectivity index (χ4v) is 3.13. The second-order valence-electron chi connectivity index (χ2n) is 5.51. The number of carbonyl (C=O) groups excluding carboxylic acids is 1. The molecular weight excluding hydrogens is 240 g/mol. The van der Waals surface area contributed by atoms with Crippen molar-refractivity contribution < 1.29 is 9.63 Å². The van der Waals surface area contributed by atoms with Crippen molar-refractivity contribution in [1.82, 2.24) is 0 Å². The summed E-state index contributed by atoms with van der Waals surface area (Å²) in [5, 5.41) is 1.43. The molecule has 0 radical (unpaired) electrons. The standard InChI is InChI=1S/C15H20N2O2/c16-15(9-4-1-5-10-15)12-6-2-3-7-13(12)17-14(18)8-11-19-17/h2-3,6-7H,1,4-5,8-11,16H2. The Hall–Kier alpha value is -1.39. The molecule has 0 bridgehead atoms. The Morgan fingerprint density at radius 3 is 2.58 bits per heavy atom. The minimum absolute atomic E-state index is 0.0202. The maximum atomic E-state index is 11.9. The summed E-state index contributed by atoms with van der Waals surface area (Å²) in [5.74, 6) is 0.0202. The first-order chi connectivity index (χ1) is 9.21. The summed E-state index contributed by atoms with van der Waals surface area (Å²) in [7, 11) is 0. The molecule has 19 heavy (non-hydrogen) atoms. The first kappa shape index (κ1) is 12.6. The molecule has 1 aromatic carbocycles. The number of rotatable bonds is 2. The molecule has 1 aromatic rings. The zero-order valence-electron chi connectivity index (χ0n) is 11.1. The number of hydrogen-bond acceptors (Lipinski definition) is 3. The summed E-state index contributed by atoms with van der Waals surface area (Å²) < 4.78 is 0. The number of para-hydroxylation sites is 1. The van der Waals surface area contributed by atoms with E-state index in [1.165, 1.54) is 11.5 Å². The molecule has 4 nitrogen and oxygen atoms in total. The molecule has 2 aliphatic rings. The molecule has 0 unspecified atom stereocenters. The number of benzene rings is 1. The van der Waals surface area contributed by atoms with E-state index in [1.807, 2.05) is 24.3 Å². The first-order valence-corrected chi connectivity index (χ1v) is 7.05. The van der Waals surface area contributed by atoms with E-state index in [4.69, 9.17) is 10.6 Å². The van der Waals surface area contributed by atoms with Gasteiger partial charge in [0.1, 0.15) is 0 Å². The van der Waals surface area contributed by atoms with Crippen LogP contribution in [0.4, 0.5) is 5.69 Å². The topological polar surface area (TPSA) is 55.6 Å². The molecule has 1 aliphatic carbocycles. The molecule has 0 atom stereocenters. The number of hydroxylamine groups is 1. The van der Waals surface area contributed by atoms with E-state index in [2.05, 4.69) is 0 Å². The molecular formula is C15H20N2O2. The van der Waals surface area contributed by atoms with Crippen LogP contribution in [0.1, 0.15) is 44.1 Å². The number of nitrogens with zero attached hydrogens (tertiary/aromatic N) is 1. The van der Waals surface area contributed by atoms with E-state index < -0.39 is 0 Å². The lowest BCUT2D eigenvalue weighted by molar-refractivity contribution is -0.119. The van der Waals surface area contributed by atoms with Crippen LogP contribution in [0.5, 0.6) is 0 Å². The smallest absolute Gasteiger partial charge is 0.253 e. The van der Waals surface area contributed by atoms with Gasteiger partial charge in [-0.15, -0.1) is 0 Å². The first-order valence-electron chi connectivity index (χ1n) is 7.05. The van der Waals surface area contributed by atoms with Crippen LogP contribution >= 0.6 is 0 Å². The maximum Gasteiger partial charge on any atom is 0.253 e. The van der Waals surface area contributed by atoms with Gasteiger partial charge in [-0.25, -0.2) is 0 Å². The number of anilines is 1. The molecule has 102 valence electrons. The maximum absolute atomic E-state index is 11.9. The van der Waals surface area contributed by atoms with Crippen LogP contribution in [0.2, 0.25) is 0 Å². The Kier molecular flexibility index (Phi) is 3.29. The Bertz CT molecular complexity index is 481. The molecule has 1 heterocycles. The van der Waals surface area contributed by atoms with Gasteiger partial charge in [0.15, 0.2) is 0 Å². The monoisotopic (exact) mass is 260 g/mol. The Labute approximate surface area is 113 Å². The summed E-state index contributed by atoms with van der Waals surface area (Å²) in [6.45, 7) is 0.463. The molecule has 2 N–H and O–H groups in total. The summed E-state index contributed by atoms with van der Waals surface area (Å²) in [6, 6.07) is 7.89. The minimum atomic E-state index is -0.318. The number of amides is 1. The summed E-state index contributed by atoms with van der Waals surface area (Å²) in [6.07, 6.45) is 5.96. The van der Waals surface area contributed by atoms with Crippen molar-refractivity contribution in [1.29, 1.82) is 0 Å². The van der Waals surface area contributed by atoms with Gasteiger partial charge in [0.25, 0.3) is 5.91 Å². The SMILES string of the molecule is NC1(c2ccccc2N2OCCC2=O)CCCCC1.